The van der Waals surface area contributed by atoms with Crippen molar-refractivity contribution in [2.45, 2.75) is 32.2 Å². The van der Waals surface area contributed by atoms with Crippen LogP contribution >= 0.6 is 0 Å². The van der Waals surface area contributed by atoms with Gasteiger partial charge in [-0.3, -0.25) is 0 Å². The maximum Gasteiger partial charge on any atom is 0.437 e. The van der Waals surface area contributed by atoms with Crippen LogP contribution in [0, 0.1) is 5.41 Å². The van der Waals surface area contributed by atoms with E-state index >= 15 is 0 Å². The maximum absolute atomic E-state index is 12.1. The molecule has 0 saturated heterocycles. The molecule has 3 rings (SSSR count). The van der Waals surface area contributed by atoms with Crippen LogP contribution in [0.25, 0.3) is 0 Å². The fraction of sp³-hybridized carbons (Fsp3) is 0.444. The van der Waals surface area contributed by atoms with Crippen molar-refractivity contribution in [1.29, 1.82) is 0 Å². The van der Waals surface area contributed by atoms with Gasteiger partial charge in [0.1, 0.15) is 0 Å². The molecule has 5 heteroatoms. The molecule has 0 amide bonds. The standard InChI is InChI=1S/C18H22N2O3/c1-22-14-18(11-5-6-12-18)13-20-17(21)23-16(19-20)10-9-15-7-3-2-4-8-15/h2-5,7-8,11H,6,9-10,12-14H2,1H3. The molecule has 0 aliphatic heterocycles. The molecule has 0 fully saturated rings. The lowest BCUT2D eigenvalue weighted by Crippen LogP contribution is -2.32. The van der Waals surface area contributed by atoms with Gasteiger partial charge in [0.2, 0.25) is 5.89 Å². The van der Waals surface area contributed by atoms with Crippen molar-refractivity contribution >= 4 is 0 Å². The van der Waals surface area contributed by atoms with Crippen LogP contribution in [-0.4, -0.2) is 23.5 Å². The van der Waals surface area contributed by atoms with E-state index in [-0.39, 0.29) is 11.2 Å². The minimum Gasteiger partial charge on any atom is -0.392 e. The number of rotatable bonds is 7. The Bertz CT molecular complexity index is 717. The molecule has 1 aromatic heterocycles. The Morgan fingerprint density at radius 3 is 2.83 bits per heavy atom. The SMILES string of the molecule is COCC1(Cn2nc(CCc3ccccc3)oc2=O)C=CCC1. The number of aromatic nitrogens is 2. The zero-order valence-corrected chi connectivity index (χ0v) is 13.4. The third-order valence-electron chi connectivity index (χ3n) is 4.30. The van der Waals surface area contributed by atoms with Crippen molar-refractivity contribution in [2.24, 2.45) is 5.41 Å². The summed E-state index contributed by atoms with van der Waals surface area (Å²) in [6, 6.07) is 10.1. The van der Waals surface area contributed by atoms with Crippen molar-refractivity contribution in [3.05, 3.63) is 64.5 Å². The number of methoxy groups -OCH3 is 1. The summed E-state index contributed by atoms with van der Waals surface area (Å²) in [5.41, 5.74) is 1.06. The van der Waals surface area contributed by atoms with E-state index in [0.717, 1.165) is 19.3 Å². The van der Waals surface area contributed by atoms with Crippen molar-refractivity contribution in [3.63, 3.8) is 0 Å². The van der Waals surface area contributed by atoms with E-state index in [1.807, 2.05) is 18.2 Å². The summed E-state index contributed by atoms with van der Waals surface area (Å²) < 4.78 is 12.1. The van der Waals surface area contributed by atoms with E-state index in [2.05, 4.69) is 29.4 Å². The van der Waals surface area contributed by atoms with Gasteiger partial charge in [-0.2, -0.15) is 4.68 Å². The average molecular weight is 314 g/mol. The van der Waals surface area contributed by atoms with Crippen LogP contribution in [0.5, 0.6) is 0 Å². The predicted octanol–water partition coefficient (Wildman–Crippen LogP) is 2.60. The minimum absolute atomic E-state index is 0.147. The zero-order chi connectivity index (χ0) is 16.1. The van der Waals surface area contributed by atoms with Crippen LogP contribution in [0.2, 0.25) is 0 Å². The largest absolute Gasteiger partial charge is 0.437 e. The van der Waals surface area contributed by atoms with E-state index < -0.39 is 0 Å². The van der Waals surface area contributed by atoms with E-state index in [9.17, 15) is 4.79 Å². The first kappa shape index (κ1) is 15.7. The highest BCUT2D eigenvalue weighted by atomic mass is 16.5. The molecule has 0 bridgehead atoms. The lowest BCUT2D eigenvalue weighted by Gasteiger charge is -2.25. The van der Waals surface area contributed by atoms with Gasteiger partial charge in [0.15, 0.2) is 0 Å². The molecule has 1 aliphatic carbocycles. The van der Waals surface area contributed by atoms with E-state index in [4.69, 9.17) is 9.15 Å². The quantitative estimate of drug-likeness (QED) is 0.737. The highest BCUT2D eigenvalue weighted by Gasteiger charge is 2.32. The Hall–Kier alpha value is -2.14. The molecular formula is C18H22N2O3. The molecule has 23 heavy (non-hydrogen) atoms. The topological polar surface area (TPSA) is 57.3 Å². The van der Waals surface area contributed by atoms with Crippen LogP contribution in [-0.2, 0) is 24.1 Å². The highest BCUT2D eigenvalue weighted by Crippen LogP contribution is 2.33. The molecule has 1 aromatic carbocycles. The summed E-state index contributed by atoms with van der Waals surface area (Å²) in [6.45, 7) is 1.09. The number of allylic oxidation sites excluding steroid dienone is 1. The fourth-order valence-corrected chi connectivity index (χ4v) is 3.12. The summed E-state index contributed by atoms with van der Waals surface area (Å²) in [6.07, 6.45) is 7.70. The normalized spacial score (nSPS) is 20.2. The Labute approximate surface area is 135 Å². The first-order chi connectivity index (χ1) is 11.2. The molecule has 2 aromatic rings. The Kier molecular flexibility index (Phi) is 4.76. The Morgan fingerprint density at radius 1 is 1.30 bits per heavy atom. The number of benzene rings is 1. The van der Waals surface area contributed by atoms with Crippen molar-refractivity contribution in [3.8, 4) is 0 Å². The summed E-state index contributed by atoms with van der Waals surface area (Å²) in [5.74, 6) is 0.109. The first-order valence-electron chi connectivity index (χ1n) is 7.98. The Balaban J connectivity index is 1.68. The van der Waals surface area contributed by atoms with E-state index in [0.29, 0.717) is 25.5 Å². The second-order valence-corrected chi connectivity index (χ2v) is 6.14. The molecule has 1 unspecified atom stereocenters. The molecule has 1 heterocycles. The lowest BCUT2D eigenvalue weighted by atomic mass is 9.88. The second-order valence-electron chi connectivity index (χ2n) is 6.14. The molecule has 0 N–H and O–H groups in total. The fourth-order valence-electron chi connectivity index (χ4n) is 3.12. The van der Waals surface area contributed by atoms with Crippen LogP contribution < -0.4 is 5.76 Å². The monoisotopic (exact) mass is 314 g/mol. The number of hydrogen-bond donors (Lipinski definition) is 0. The molecule has 0 radical (unpaired) electrons. The van der Waals surface area contributed by atoms with Gasteiger partial charge in [-0.25, -0.2) is 4.79 Å². The minimum atomic E-state index is -0.385. The van der Waals surface area contributed by atoms with Gasteiger partial charge < -0.3 is 9.15 Å². The number of nitrogens with zero attached hydrogens (tertiary/aromatic N) is 2. The maximum atomic E-state index is 12.1. The number of ether oxygens (including phenoxy) is 1. The first-order valence-corrected chi connectivity index (χ1v) is 7.98. The summed E-state index contributed by atoms with van der Waals surface area (Å²) in [7, 11) is 1.69. The van der Waals surface area contributed by atoms with Gasteiger partial charge >= 0.3 is 5.76 Å². The van der Waals surface area contributed by atoms with Crippen LogP contribution in [0.3, 0.4) is 0 Å². The Morgan fingerprint density at radius 2 is 2.13 bits per heavy atom. The third kappa shape index (κ3) is 3.79. The summed E-state index contributed by atoms with van der Waals surface area (Å²) in [4.78, 5) is 12.1. The summed E-state index contributed by atoms with van der Waals surface area (Å²) in [5, 5.41) is 4.36. The van der Waals surface area contributed by atoms with Gasteiger partial charge in [-0.05, 0) is 24.8 Å². The van der Waals surface area contributed by atoms with Crippen molar-refractivity contribution < 1.29 is 9.15 Å². The summed E-state index contributed by atoms with van der Waals surface area (Å²) >= 11 is 0. The zero-order valence-electron chi connectivity index (χ0n) is 13.4. The lowest BCUT2D eigenvalue weighted by molar-refractivity contribution is 0.0941. The second kappa shape index (κ2) is 6.96. The molecule has 0 saturated carbocycles. The third-order valence-corrected chi connectivity index (χ3v) is 4.30. The van der Waals surface area contributed by atoms with Gasteiger partial charge in [0, 0.05) is 18.9 Å². The molecule has 1 atom stereocenters. The van der Waals surface area contributed by atoms with Crippen LogP contribution in [0.4, 0.5) is 0 Å². The molecule has 5 nitrogen and oxygen atoms in total. The smallest absolute Gasteiger partial charge is 0.392 e. The van der Waals surface area contributed by atoms with Gasteiger partial charge in [-0.1, -0.05) is 42.5 Å². The highest BCUT2D eigenvalue weighted by molar-refractivity contribution is 5.15. The van der Waals surface area contributed by atoms with E-state index in [1.165, 1.54) is 10.2 Å². The van der Waals surface area contributed by atoms with Crippen LogP contribution in [0.1, 0.15) is 24.3 Å². The van der Waals surface area contributed by atoms with Crippen LogP contribution in [0.15, 0.2) is 51.7 Å². The van der Waals surface area contributed by atoms with E-state index in [1.54, 1.807) is 7.11 Å². The predicted molar refractivity (Wildman–Crippen MR) is 87.3 cm³/mol. The van der Waals surface area contributed by atoms with Gasteiger partial charge in [0.25, 0.3) is 0 Å². The molecule has 1 aliphatic rings. The molecule has 122 valence electrons. The van der Waals surface area contributed by atoms with Crippen molar-refractivity contribution in [2.75, 3.05) is 13.7 Å². The van der Waals surface area contributed by atoms with Crippen molar-refractivity contribution in [1.82, 2.24) is 9.78 Å². The molecular weight excluding hydrogens is 292 g/mol. The number of hydrogen-bond acceptors (Lipinski definition) is 4. The van der Waals surface area contributed by atoms with Gasteiger partial charge in [0.05, 0.1) is 13.2 Å². The molecule has 0 spiro atoms. The average Bonchev–Trinajstić information content (AvgIpc) is 3.15. The number of aryl methyl sites for hydroxylation is 2. The van der Waals surface area contributed by atoms with Gasteiger partial charge in [-0.15, -0.1) is 5.10 Å².